The Morgan fingerprint density at radius 2 is 1.67 bits per heavy atom. The molecule has 8 heteroatoms. The van der Waals surface area contributed by atoms with Crippen LogP contribution in [0, 0.1) is 0 Å². The number of nitrogens with zero attached hydrogens (tertiary/aromatic N) is 1. The monoisotopic (exact) mass is 490 g/mol. The van der Waals surface area contributed by atoms with E-state index in [1.807, 2.05) is 0 Å². The molecular formula is C28H30N2O6. The number of anilines is 1. The molecule has 0 saturated heterocycles. The molecule has 1 N–H and O–H groups in total. The minimum absolute atomic E-state index is 0.0424. The zero-order valence-corrected chi connectivity index (χ0v) is 20.7. The second-order valence-electron chi connectivity index (χ2n) is 8.76. The van der Waals surface area contributed by atoms with E-state index in [4.69, 9.17) is 13.9 Å². The first kappa shape index (κ1) is 25.0. The maximum atomic E-state index is 13.9. The number of carbonyl (C=O) groups excluding carboxylic acids is 3. The van der Waals surface area contributed by atoms with Gasteiger partial charge in [0, 0.05) is 17.3 Å². The third-order valence-corrected chi connectivity index (χ3v) is 6.43. The maximum absolute atomic E-state index is 13.9. The van der Waals surface area contributed by atoms with Gasteiger partial charge in [-0.3, -0.25) is 19.3 Å². The fourth-order valence-electron chi connectivity index (χ4n) is 4.55. The van der Waals surface area contributed by atoms with Crippen LogP contribution < -0.4 is 19.7 Å². The fraction of sp³-hybridized carbons (Fsp3) is 0.321. The normalized spacial score (nSPS) is 14.2. The van der Waals surface area contributed by atoms with Crippen LogP contribution in [0.3, 0.4) is 0 Å². The molecule has 1 aromatic heterocycles. The van der Waals surface area contributed by atoms with E-state index in [9.17, 15) is 14.4 Å². The van der Waals surface area contributed by atoms with Gasteiger partial charge in [-0.15, -0.1) is 0 Å². The Hall–Kier alpha value is -4.07. The molecule has 8 nitrogen and oxygen atoms in total. The van der Waals surface area contributed by atoms with E-state index in [2.05, 4.69) is 5.32 Å². The minimum atomic E-state index is -1.04. The predicted molar refractivity (Wildman–Crippen MR) is 135 cm³/mol. The molecule has 2 amide bonds. The van der Waals surface area contributed by atoms with E-state index < -0.39 is 11.9 Å². The molecule has 1 atom stereocenters. The molecule has 1 saturated carbocycles. The number of hydrogen-bond acceptors (Lipinski definition) is 6. The quantitative estimate of drug-likeness (QED) is 0.427. The van der Waals surface area contributed by atoms with Crippen LogP contribution in [0.5, 0.6) is 11.5 Å². The van der Waals surface area contributed by atoms with E-state index in [-0.39, 0.29) is 23.5 Å². The number of ether oxygens (including phenoxy) is 2. The average Bonchev–Trinajstić information content (AvgIpc) is 3.61. The molecule has 1 fully saturated rings. The molecule has 3 aromatic rings. The third-order valence-electron chi connectivity index (χ3n) is 6.43. The number of Topliss-reactive ketones (excluding diaryl/α,β-unsaturated/α-hetero) is 1. The van der Waals surface area contributed by atoms with Crippen molar-refractivity contribution < 1.29 is 28.3 Å². The third kappa shape index (κ3) is 5.27. The van der Waals surface area contributed by atoms with Gasteiger partial charge in [-0.25, -0.2) is 0 Å². The lowest BCUT2D eigenvalue weighted by Crippen LogP contribution is -2.46. The van der Waals surface area contributed by atoms with Crippen LogP contribution in [0.25, 0.3) is 0 Å². The summed E-state index contributed by atoms with van der Waals surface area (Å²) < 4.78 is 16.3. The highest BCUT2D eigenvalue weighted by Gasteiger charge is 2.36. The van der Waals surface area contributed by atoms with Gasteiger partial charge in [0.05, 0.1) is 20.5 Å². The van der Waals surface area contributed by atoms with Crippen molar-refractivity contribution in [3.8, 4) is 11.5 Å². The predicted octanol–water partition coefficient (Wildman–Crippen LogP) is 4.95. The molecule has 188 valence electrons. The lowest BCUT2D eigenvalue weighted by molar-refractivity contribution is -0.123. The Balaban J connectivity index is 1.85. The first-order valence-electron chi connectivity index (χ1n) is 11.9. The summed E-state index contributed by atoms with van der Waals surface area (Å²) in [5.41, 5.74) is 1.49. The molecule has 2 aromatic carbocycles. The van der Waals surface area contributed by atoms with Crippen molar-refractivity contribution >= 4 is 23.3 Å². The summed E-state index contributed by atoms with van der Waals surface area (Å²) in [5.74, 6) is 0.129. The van der Waals surface area contributed by atoms with E-state index in [1.165, 1.54) is 32.3 Å². The second-order valence-corrected chi connectivity index (χ2v) is 8.76. The molecule has 4 rings (SSSR count). The van der Waals surface area contributed by atoms with Gasteiger partial charge in [0.1, 0.15) is 6.04 Å². The lowest BCUT2D eigenvalue weighted by Gasteiger charge is -2.32. The lowest BCUT2D eigenvalue weighted by atomic mass is 10.0. The van der Waals surface area contributed by atoms with Crippen molar-refractivity contribution in [2.24, 2.45) is 0 Å². The minimum Gasteiger partial charge on any atom is -0.493 e. The van der Waals surface area contributed by atoms with Crippen molar-refractivity contribution in [1.82, 2.24) is 5.32 Å². The van der Waals surface area contributed by atoms with Gasteiger partial charge in [0.25, 0.3) is 5.91 Å². The summed E-state index contributed by atoms with van der Waals surface area (Å²) in [4.78, 5) is 40.9. The van der Waals surface area contributed by atoms with Crippen molar-refractivity contribution in [3.05, 3.63) is 77.7 Å². The number of methoxy groups -OCH3 is 2. The zero-order chi connectivity index (χ0) is 25.7. The van der Waals surface area contributed by atoms with Crippen LogP contribution >= 0.6 is 0 Å². The van der Waals surface area contributed by atoms with Crippen LogP contribution in [0.4, 0.5) is 5.69 Å². The highest BCUT2D eigenvalue weighted by atomic mass is 16.5. The number of furan rings is 1. The van der Waals surface area contributed by atoms with Crippen molar-refractivity contribution in [2.45, 2.75) is 44.7 Å². The van der Waals surface area contributed by atoms with Gasteiger partial charge in [-0.1, -0.05) is 18.9 Å². The van der Waals surface area contributed by atoms with Gasteiger partial charge in [0.15, 0.2) is 23.0 Å². The van der Waals surface area contributed by atoms with Crippen LogP contribution in [-0.4, -0.2) is 37.9 Å². The SMILES string of the molecule is COc1ccc(C(C(=O)NC2CCCC2)N(C(=O)c2ccco2)c2ccc(C(C)=O)cc2)cc1OC. The molecular weight excluding hydrogens is 460 g/mol. The van der Waals surface area contributed by atoms with E-state index >= 15 is 0 Å². The fourth-order valence-corrected chi connectivity index (χ4v) is 4.55. The number of nitrogens with one attached hydrogen (secondary N) is 1. The highest BCUT2D eigenvalue weighted by molar-refractivity contribution is 6.09. The van der Waals surface area contributed by atoms with Crippen LogP contribution in [0.2, 0.25) is 0 Å². The molecule has 0 bridgehead atoms. The summed E-state index contributed by atoms with van der Waals surface area (Å²) in [6, 6.07) is 13.9. The Morgan fingerprint density at radius 1 is 0.972 bits per heavy atom. The summed E-state index contributed by atoms with van der Waals surface area (Å²) in [7, 11) is 3.05. The standard InChI is InChI=1S/C28H30N2O6/c1-18(31)19-10-13-22(14-11-19)30(28(33)24-9-6-16-36-24)26(27(32)29-21-7-4-5-8-21)20-12-15-23(34-2)25(17-20)35-3/h6,9-17,21,26H,4-5,7-8H2,1-3H3,(H,29,32). The maximum Gasteiger partial charge on any atom is 0.294 e. The van der Waals surface area contributed by atoms with Crippen LogP contribution in [-0.2, 0) is 4.79 Å². The molecule has 0 radical (unpaired) electrons. The molecule has 0 aliphatic heterocycles. The highest BCUT2D eigenvalue weighted by Crippen LogP contribution is 2.36. The van der Waals surface area contributed by atoms with Crippen molar-refractivity contribution in [1.29, 1.82) is 0 Å². The van der Waals surface area contributed by atoms with Gasteiger partial charge >= 0.3 is 0 Å². The molecule has 36 heavy (non-hydrogen) atoms. The topological polar surface area (TPSA) is 98.1 Å². The number of carbonyl (C=O) groups is 3. The largest absolute Gasteiger partial charge is 0.493 e. The molecule has 1 unspecified atom stereocenters. The average molecular weight is 491 g/mol. The zero-order valence-electron chi connectivity index (χ0n) is 20.7. The Kier molecular flexibility index (Phi) is 7.73. The molecule has 1 aliphatic rings. The van der Waals surface area contributed by atoms with Gasteiger partial charge in [0.2, 0.25) is 5.91 Å². The first-order valence-corrected chi connectivity index (χ1v) is 11.9. The van der Waals surface area contributed by atoms with Crippen LogP contribution in [0.1, 0.15) is 65.1 Å². The Morgan fingerprint density at radius 3 is 2.25 bits per heavy atom. The van der Waals surface area contributed by atoms with E-state index in [0.717, 1.165) is 25.7 Å². The van der Waals surface area contributed by atoms with Crippen molar-refractivity contribution in [3.63, 3.8) is 0 Å². The van der Waals surface area contributed by atoms with Gasteiger partial charge in [-0.2, -0.15) is 0 Å². The molecule has 0 spiro atoms. The van der Waals surface area contributed by atoms with Crippen molar-refractivity contribution in [2.75, 3.05) is 19.1 Å². The smallest absolute Gasteiger partial charge is 0.294 e. The second kappa shape index (κ2) is 11.1. The van der Waals surface area contributed by atoms with Crippen LogP contribution in [0.15, 0.2) is 65.3 Å². The number of rotatable bonds is 9. The van der Waals surface area contributed by atoms with E-state index in [0.29, 0.717) is 28.3 Å². The Labute approximate surface area is 210 Å². The number of hydrogen-bond donors (Lipinski definition) is 1. The summed E-state index contributed by atoms with van der Waals surface area (Å²) in [6.07, 6.45) is 5.29. The first-order chi connectivity index (χ1) is 17.4. The van der Waals surface area contributed by atoms with E-state index in [1.54, 1.807) is 54.6 Å². The number of benzene rings is 2. The Bertz CT molecular complexity index is 1210. The number of ketones is 1. The molecule has 1 heterocycles. The van der Waals surface area contributed by atoms with Gasteiger partial charge < -0.3 is 19.2 Å². The summed E-state index contributed by atoms with van der Waals surface area (Å²) in [6.45, 7) is 1.47. The number of amides is 2. The summed E-state index contributed by atoms with van der Waals surface area (Å²) >= 11 is 0. The van der Waals surface area contributed by atoms with Gasteiger partial charge in [-0.05, 0) is 73.9 Å². The summed E-state index contributed by atoms with van der Waals surface area (Å²) in [5, 5.41) is 3.13. The molecule has 1 aliphatic carbocycles.